The molecule has 0 aliphatic rings. The molecule has 5 heteroatoms. The van der Waals surface area contributed by atoms with Crippen LogP contribution >= 0.6 is 11.6 Å². The Bertz CT molecular complexity index is 404. The van der Waals surface area contributed by atoms with Gasteiger partial charge in [0, 0.05) is 14.1 Å². The lowest BCUT2D eigenvalue weighted by Crippen LogP contribution is -2.27. The predicted molar refractivity (Wildman–Crippen MR) is 61.0 cm³/mol. The molecular weight excluding hydrogens is 230 g/mol. The highest BCUT2D eigenvalue weighted by molar-refractivity contribution is 6.32. The van der Waals surface area contributed by atoms with Crippen LogP contribution in [0.15, 0.2) is 18.2 Å². The molecule has 0 aliphatic heterocycles. The van der Waals surface area contributed by atoms with Gasteiger partial charge in [0.05, 0.1) is 10.6 Å². The number of amides is 1. The van der Waals surface area contributed by atoms with Crippen molar-refractivity contribution in [2.45, 2.75) is 0 Å². The first-order valence-corrected chi connectivity index (χ1v) is 5.00. The summed E-state index contributed by atoms with van der Waals surface area (Å²) in [5.74, 6) is 0.0473. The van der Waals surface area contributed by atoms with Crippen molar-refractivity contribution >= 4 is 23.8 Å². The van der Waals surface area contributed by atoms with Gasteiger partial charge >= 0.3 is 0 Å². The normalized spacial score (nSPS) is 9.69. The van der Waals surface area contributed by atoms with E-state index in [1.807, 2.05) is 0 Å². The third-order valence-electron chi connectivity index (χ3n) is 1.96. The van der Waals surface area contributed by atoms with Crippen molar-refractivity contribution in [3.63, 3.8) is 0 Å². The second-order valence-electron chi connectivity index (χ2n) is 3.35. The van der Waals surface area contributed by atoms with Crippen molar-refractivity contribution in [1.82, 2.24) is 4.90 Å². The predicted octanol–water partition coefficient (Wildman–Crippen LogP) is 1.62. The number of hydrogen-bond donors (Lipinski definition) is 0. The first kappa shape index (κ1) is 12.5. The van der Waals surface area contributed by atoms with E-state index in [1.54, 1.807) is 32.3 Å². The standard InChI is InChI=1S/C11H12ClNO3/c1-13(2)10(15)7-16-11-8(6-14)4-3-5-9(11)12/h3-6H,7H2,1-2H3. The van der Waals surface area contributed by atoms with Gasteiger partial charge in [0.1, 0.15) is 5.75 Å². The Hall–Kier alpha value is -1.55. The van der Waals surface area contributed by atoms with Crippen molar-refractivity contribution in [3.05, 3.63) is 28.8 Å². The number of benzene rings is 1. The summed E-state index contributed by atoms with van der Waals surface area (Å²) < 4.78 is 5.23. The van der Waals surface area contributed by atoms with Crippen LogP contribution in [-0.2, 0) is 4.79 Å². The number of carbonyl (C=O) groups is 2. The largest absolute Gasteiger partial charge is 0.481 e. The zero-order valence-electron chi connectivity index (χ0n) is 9.07. The van der Waals surface area contributed by atoms with Crippen molar-refractivity contribution in [1.29, 1.82) is 0 Å². The number of para-hydroxylation sites is 1. The monoisotopic (exact) mass is 241 g/mol. The van der Waals surface area contributed by atoms with Crippen LogP contribution < -0.4 is 4.74 Å². The summed E-state index contributed by atoms with van der Waals surface area (Å²) >= 11 is 5.86. The summed E-state index contributed by atoms with van der Waals surface area (Å²) in [4.78, 5) is 23.4. The van der Waals surface area contributed by atoms with E-state index in [4.69, 9.17) is 16.3 Å². The molecule has 0 atom stereocenters. The van der Waals surface area contributed by atoms with Crippen LogP contribution in [0.2, 0.25) is 5.02 Å². The summed E-state index contributed by atoms with van der Waals surface area (Å²) in [6.07, 6.45) is 0.640. The molecule has 0 aromatic heterocycles. The second kappa shape index (κ2) is 5.51. The minimum atomic E-state index is -0.197. The molecule has 1 aromatic rings. The molecule has 0 saturated carbocycles. The van der Waals surface area contributed by atoms with Gasteiger partial charge in [-0.1, -0.05) is 17.7 Å². The fraction of sp³-hybridized carbons (Fsp3) is 0.273. The highest BCUT2D eigenvalue weighted by Crippen LogP contribution is 2.27. The molecule has 16 heavy (non-hydrogen) atoms. The molecule has 0 unspecified atom stereocenters. The fourth-order valence-electron chi connectivity index (χ4n) is 1.03. The number of rotatable bonds is 4. The highest BCUT2D eigenvalue weighted by atomic mass is 35.5. The van der Waals surface area contributed by atoms with Crippen molar-refractivity contribution in [2.75, 3.05) is 20.7 Å². The van der Waals surface area contributed by atoms with Crippen molar-refractivity contribution < 1.29 is 14.3 Å². The molecule has 1 aromatic carbocycles. The Morgan fingerprint density at radius 3 is 2.75 bits per heavy atom. The first-order valence-electron chi connectivity index (χ1n) is 4.63. The third kappa shape index (κ3) is 2.97. The average molecular weight is 242 g/mol. The van der Waals surface area contributed by atoms with E-state index >= 15 is 0 Å². The lowest BCUT2D eigenvalue weighted by atomic mass is 10.2. The van der Waals surface area contributed by atoms with E-state index in [0.29, 0.717) is 16.9 Å². The number of halogens is 1. The van der Waals surface area contributed by atoms with Crippen LogP contribution in [0.4, 0.5) is 0 Å². The Morgan fingerprint density at radius 1 is 1.50 bits per heavy atom. The molecule has 0 spiro atoms. The summed E-state index contributed by atoms with van der Waals surface area (Å²) in [5, 5.41) is 0.316. The maximum atomic E-state index is 11.3. The molecule has 86 valence electrons. The number of carbonyl (C=O) groups excluding carboxylic acids is 2. The molecule has 1 amide bonds. The molecule has 0 bridgehead atoms. The van der Waals surface area contributed by atoms with Crippen LogP contribution in [0.25, 0.3) is 0 Å². The van der Waals surface area contributed by atoms with Crippen LogP contribution in [-0.4, -0.2) is 37.8 Å². The van der Waals surface area contributed by atoms with Gasteiger partial charge in [-0.05, 0) is 12.1 Å². The topological polar surface area (TPSA) is 46.6 Å². The molecule has 4 nitrogen and oxygen atoms in total. The van der Waals surface area contributed by atoms with Gasteiger partial charge in [-0.15, -0.1) is 0 Å². The summed E-state index contributed by atoms with van der Waals surface area (Å²) in [6.45, 7) is -0.141. The number of hydrogen-bond acceptors (Lipinski definition) is 3. The molecule has 0 saturated heterocycles. The Kier molecular flexibility index (Phi) is 4.31. The maximum Gasteiger partial charge on any atom is 0.259 e. The van der Waals surface area contributed by atoms with Gasteiger partial charge in [-0.3, -0.25) is 9.59 Å². The summed E-state index contributed by atoms with van der Waals surface area (Å²) in [6, 6.07) is 4.82. The lowest BCUT2D eigenvalue weighted by molar-refractivity contribution is -0.130. The quantitative estimate of drug-likeness (QED) is 0.753. The smallest absolute Gasteiger partial charge is 0.259 e. The number of likely N-dealkylation sites (N-methyl/N-ethyl adjacent to an activating group) is 1. The lowest BCUT2D eigenvalue weighted by Gasteiger charge is -2.13. The fourth-order valence-corrected chi connectivity index (χ4v) is 1.27. The molecular formula is C11H12ClNO3. The Morgan fingerprint density at radius 2 is 2.19 bits per heavy atom. The van der Waals surface area contributed by atoms with Gasteiger partial charge in [-0.2, -0.15) is 0 Å². The zero-order chi connectivity index (χ0) is 12.1. The minimum Gasteiger partial charge on any atom is -0.481 e. The van der Waals surface area contributed by atoms with Gasteiger partial charge in [0.2, 0.25) is 0 Å². The van der Waals surface area contributed by atoms with Crippen LogP contribution in [0.3, 0.4) is 0 Å². The Balaban J connectivity index is 2.80. The highest BCUT2D eigenvalue weighted by Gasteiger charge is 2.11. The summed E-state index contributed by atoms with van der Waals surface area (Å²) in [5.41, 5.74) is 0.332. The van der Waals surface area contributed by atoms with Gasteiger partial charge in [-0.25, -0.2) is 0 Å². The van der Waals surface area contributed by atoms with Crippen LogP contribution in [0.1, 0.15) is 10.4 Å². The average Bonchev–Trinajstić information content (AvgIpc) is 2.26. The van der Waals surface area contributed by atoms with E-state index in [2.05, 4.69) is 0 Å². The third-order valence-corrected chi connectivity index (χ3v) is 2.26. The number of ether oxygens (including phenoxy) is 1. The molecule has 0 N–H and O–H groups in total. The van der Waals surface area contributed by atoms with Crippen molar-refractivity contribution in [3.8, 4) is 5.75 Å². The van der Waals surface area contributed by atoms with E-state index < -0.39 is 0 Å². The first-order chi connectivity index (χ1) is 7.56. The maximum absolute atomic E-state index is 11.3. The van der Waals surface area contributed by atoms with Crippen LogP contribution in [0, 0.1) is 0 Å². The Labute approximate surface area is 98.8 Å². The van der Waals surface area contributed by atoms with Gasteiger partial charge in [0.25, 0.3) is 5.91 Å². The van der Waals surface area contributed by atoms with Crippen LogP contribution in [0.5, 0.6) is 5.75 Å². The zero-order valence-corrected chi connectivity index (χ0v) is 9.82. The molecule has 0 heterocycles. The van der Waals surface area contributed by atoms with Crippen molar-refractivity contribution in [2.24, 2.45) is 0 Å². The summed E-state index contributed by atoms with van der Waals surface area (Å²) in [7, 11) is 3.25. The molecule has 0 radical (unpaired) electrons. The molecule has 0 aliphatic carbocycles. The SMILES string of the molecule is CN(C)C(=O)COc1c(Cl)cccc1C=O. The van der Waals surface area contributed by atoms with E-state index in [0.717, 1.165) is 0 Å². The molecule has 1 rings (SSSR count). The van der Waals surface area contributed by atoms with E-state index in [1.165, 1.54) is 4.90 Å². The minimum absolute atomic E-state index is 0.141. The van der Waals surface area contributed by atoms with E-state index in [9.17, 15) is 9.59 Å². The second-order valence-corrected chi connectivity index (χ2v) is 3.76. The molecule has 0 fully saturated rings. The number of nitrogens with zero attached hydrogens (tertiary/aromatic N) is 1. The van der Waals surface area contributed by atoms with Gasteiger partial charge < -0.3 is 9.64 Å². The number of aldehydes is 1. The van der Waals surface area contributed by atoms with E-state index in [-0.39, 0.29) is 18.3 Å². The van der Waals surface area contributed by atoms with Gasteiger partial charge in [0.15, 0.2) is 12.9 Å².